The summed E-state index contributed by atoms with van der Waals surface area (Å²) in [4.78, 5) is 29.7. The molecule has 8 nitrogen and oxygen atoms in total. The minimum absolute atomic E-state index is 0.0949. The van der Waals surface area contributed by atoms with Crippen molar-refractivity contribution in [2.24, 2.45) is 5.92 Å². The zero-order valence-electron chi connectivity index (χ0n) is 18.0. The first kappa shape index (κ1) is 25.2. The number of thiophene rings is 1. The van der Waals surface area contributed by atoms with Gasteiger partial charge in [-0.25, -0.2) is 9.78 Å². The first-order valence-electron chi connectivity index (χ1n) is 10.6. The molecule has 2 aliphatic rings. The topological polar surface area (TPSA) is 96.7 Å². The summed E-state index contributed by atoms with van der Waals surface area (Å²) in [5, 5.41) is 12.3. The number of carboxylic acid groups (broad SMARTS) is 1. The highest BCUT2D eigenvalue weighted by atomic mass is 32.1. The van der Waals surface area contributed by atoms with E-state index in [1.807, 2.05) is 10.8 Å². The SMILES string of the molecule is O=C(NCCc1cccs1)C1CN(CC2CCOCC2)Cc2cncn21.O=C(O)C(F)(F)F. The Kier molecular flexibility index (Phi) is 8.87. The average molecular weight is 489 g/mol. The molecular formula is C21H27F3N4O4S. The van der Waals surface area contributed by atoms with E-state index in [9.17, 15) is 18.0 Å². The Balaban J connectivity index is 0.000000383. The number of fused-ring (bicyclic) bond motifs is 1. The number of aromatic nitrogens is 2. The zero-order chi connectivity index (χ0) is 23.8. The molecule has 2 aromatic rings. The second kappa shape index (κ2) is 11.6. The molecule has 1 saturated heterocycles. The second-order valence-electron chi connectivity index (χ2n) is 7.98. The van der Waals surface area contributed by atoms with Crippen LogP contribution in [0.15, 0.2) is 30.0 Å². The zero-order valence-corrected chi connectivity index (χ0v) is 18.8. The molecule has 2 aliphatic heterocycles. The Hall–Kier alpha value is -2.44. The summed E-state index contributed by atoms with van der Waals surface area (Å²) in [7, 11) is 0. The van der Waals surface area contributed by atoms with E-state index in [4.69, 9.17) is 14.6 Å². The van der Waals surface area contributed by atoms with Crippen molar-refractivity contribution in [3.63, 3.8) is 0 Å². The van der Waals surface area contributed by atoms with Gasteiger partial charge in [0, 0.05) is 50.5 Å². The van der Waals surface area contributed by atoms with Crippen LogP contribution in [0.3, 0.4) is 0 Å². The van der Waals surface area contributed by atoms with Crippen LogP contribution >= 0.6 is 11.3 Å². The van der Waals surface area contributed by atoms with Crippen LogP contribution in [0.1, 0.15) is 29.5 Å². The number of ether oxygens (including phenoxy) is 1. The summed E-state index contributed by atoms with van der Waals surface area (Å²) >= 11 is 1.73. The van der Waals surface area contributed by atoms with Crippen LogP contribution in [0.25, 0.3) is 0 Å². The minimum atomic E-state index is -5.08. The van der Waals surface area contributed by atoms with E-state index in [1.165, 1.54) is 4.88 Å². The molecule has 0 spiro atoms. The quantitative estimate of drug-likeness (QED) is 0.649. The van der Waals surface area contributed by atoms with E-state index in [0.717, 1.165) is 57.8 Å². The molecule has 182 valence electrons. The van der Waals surface area contributed by atoms with Crippen molar-refractivity contribution in [2.75, 3.05) is 32.8 Å². The Bertz CT molecular complexity index is 898. The number of nitrogens with zero attached hydrogens (tertiary/aromatic N) is 3. The van der Waals surface area contributed by atoms with Gasteiger partial charge in [-0.1, -0.05) is 6.07 Å². The van der Waals surface area contributed by atoms with Gasteiger partial charge < -0.3 is 19.7 Å². The lowest BCUT2D eigenvalue weighted by molar-refractivity contribution is -0.192. The molecular weight excluding hydrogens is 461 g/mol. The van der Waals surface area contributed by atoms with Crippen LogP contribution in [0.5, 0.6) is 0 Å². The number of imidazole rings is 1. The van der Waals surface area contributed by atoms with Gasteiger partial charge in [0.1, 0.15) is 6.04 Å². The first-order chi connectivity index (χ1) is 15.7. The van der Waals surface area contributed by atoms with Gasteiger partial charge in [-0.15, -0.1) is 11.3 Å². The second-order valence-corrected chi connectivity index (χ2v) is 9.01. The van der Waals surface area contributed by atoms with E-state index < -0.39 is 12.1 Å². The normalized spacial score (nSPS) is 19.3. The van der Waals surface area contributed by atoms with Crippen LogP contribution in [0.2, 0.25) is 0 Å². The van der Waals surface area contributed by atoms with Gasteiger partial charge in [0.25, 0.3) is 0 Å². The summed E-state index contributed by atoms with van der Waals surface area (Å²) in [5.41, 5.74) is 1.13. The van der Waals surface area contributed by atoms with Crippen molar-refractivity contribution < 1.29 is 32.6 Å². The number of carbonyl (C=O) groups excluding carboxylic acids is 1. The average Bonchev–Trinajstić information content (AvgIpc) is 3.45. The molecule has 1 fully saturated rings. The lowest BCUT2D eigenvalue weighted by atomic mass is 9.98. The van der Waals surface area contributed by atoms with Crippen LogP contribution in [0.4, 0.5) is 13.2 Å². The van der Waals surface area contributed by atoms with Crippen LogP contribution in [0, 0.1) is 5.92 Å². The molecule has 0 aromatic carbocycles. The molecule has 0 radical (unpaired) electrons. The Labute approximate surface area is 193 Å². The highest BCUT2D eigenvalue weighted by Gasteiger charge is 2.38. The maximum absolute atomic E-state index is 12.8. The van der Waals surface area contributed by atoms with Gasteiger partial charge in [0.05, 0.1) is 12.0 Å². The number of hydrogen-bond acceptors (Lipinski definition) is 6. The fourth-order valence-electron chi connectivity index (χ4n) is 3.89. The van der Waals surface area contributed by atoms with E-state index in [-0.39, 0.29) is 11.9 Å². The van der Waals surface area contributed by atoms with E-state index in [0.29, 0.717) is 12.5 Å². The van der Waals surface area contributed by atoms with Crippen LogP contribution < -0.4 is 5.32 Å². The van der Waals surface area contributed by atoms with Gasteiger partial charge in [-0.2, -0.15) is 13.2 Å². The fraction of sp³-hybridized carbons (Fsp3) is 0.571. The third-order valence-corrected chi connectivity index (χ3v) is 6.49. The number of halogens is 3. The van der Waals surface area contributed by atoms with E-state index in [1.54, 1.807) is 17.7 Å². The monoisotopic (exact) mass is 488 g/mol. The van der Waals surface area contributed by atoms with Gasteiger partial charge in [0.15, 0.2) is 0 Å². The molecule has 2 aromatic heterocycles. The van der Waals surface area contributed by atoms with Crippen LogP contribution in [-0.4, -0.2) is 70.5 Å². The van der Waals surface area contributed by atoms with Crippen molar-refractivity contribution in [3.05, 3.63) is 40.6 Å². The minimum Gasteiger partial charge on any atom is -0.475 e. The third-order valence-electron chi connectivity index (χ3n) is 5.55. The highest BCUT2D eigenvalue weighted by Crippen LogP contribution is 2.24. The molecule has 12 heteroatoms. The molecule has 2 N–H and O–H groups in total. The number of carbonyl (C=O) groups is 2. The van der Waals surface area contributed by atoms with Crippen LogP contribution in [-0.2, 0) is 27.3 Å². The number of amides is 1. The summed E-state index contributed by atoms with van der Waals surface area (Å²) in [5.74, 6) is -1.99. The van der Waals surface area contributed by atoms with E-state index >= 15 is 0 Å². The number of alkyl halides is 3. The predicted molar refractivity (Wildman–Crippen MR) is 115 cm³/mol. The first-order valence-corrected chi connectivity index (χ1v) is 11.5. The Morgan fingerprint density at radius 3 is 2.67 bits per heavy atom. The molecule has 1 amide bonds. The molecule has 0 saturated carbocycles. The number of rotatable bonds is 6. The summed E-state index contributed by atoms with van der Waals surface area (Å²) in [6, 6.07) is 3.97. The third kappa shape index (κ3) is 7.54. The number of nitrogens with one attached hydrogen (secondary N) is 1. The molecule has 0 aliphatic carbocycles. The van der Waals surface area contributed by atoms with Crippen molar-refractivity contribution in [2.45, 2.75) is 38.0 Å². The maximum Gasteiger partial charge on any atom is 0.490 e. The fourth-order valence-corrected chi connectivity index (χ4v) is 4.59. The highest BCUT2D eigenvalue weighted by molar-refractivity contribution is 7.09. The Morgan fingerprint density at radius 1 is 1.30 bits per heavy atom. The van der Waals surface area contributed by atoms with Crippen molar-refractivity contribution in [1.82, 2.24) is 19.8 Å². The molecule has 1 unspecified atom stereocenters. The smallest absolute Gasteiger partial charge is 0.475 e. The van der Waals surface area contributed by atoms with Crippen molar-refractivity contribution in [1.29, 1.82) is 0 Å². The predicted octanol–water partition coefficient (Wildman–Crippen LogP) is 2.72. The van der Waals surface area contributed by atoms with Crippen molar-refractivity contribution in [3.8, 4) is 0 Å². The molecule has 1 atom stereocenters. The van der Waals surface area contributed by atoms with Crippen molar-refractivity contribution >= 4 is 23.2 Å². The van der Waals surface area contributed by atoms with Gasteiger partial charge in [-0.05, 0) is 36.6 Å². The lowest BCUT2D eigenvalue weighted by Crippen LogP contribution is -2.46. The summed E-state index contributed by atoms with van der Waals surface area (Å²) < 4.78 is 39.2. The number of carboxylic acids is 1. The largest absolute Gasteiger partial charge is 0.490 e. The lowest BCUT2D eigenvalue weighted by Gasteiger charge is -2.36. The van der Waals surface area contributed by atoms with E-state index in [2.05, 4.69) is 32.7 Å². The molecule has 4 rings (SSSR count). The summed E-state index contributed by atoms with van der Waals surface area (Å²) in [6.07, 6.45) is 1.73. The number of aliphatic carboxylic acids is 1. The van der Waals surface area contributed by atoms with Gasteiger partial charge >= 0.3 is 12.1 Å². The maximum atomic E-state index is 12.8. The van der Waals surface area contributed by atoms with Gasteiger partial charge in [0.2, 0.25) is 5.91 Å². The molecule has 4 heterocycles. The van der Waals surface area contributed by atoms with Gasteiger partial charge in [-0.3, -0.25) is 9.69 Å². The molecule has 33 heavy (non-hydrogen) atoms. The molecule has 0 bridgehead atoms. The summed E-state index contributed by atoms with van der Waals surface area (Å²) in [6.45, 7) is 5.07. The number of hydrogen-bond donors (Lipinski definition) is 2. The Morgan fingerprint density at radius 2 is 2.03 bits per heavy atom. The standard InChI is InChI=1S/C19H26N4O2S.C2HF3O2/c24-19(21-6-3-17-2-1-9-26-17)18-13-22(11-15-4-7-25-8-5-15)12-16-10-20-14-23(16)18;3-2(4,5)1(6)7/h1-2,9-10,14-15,18H,3-8,11-13H2,(H,21,24);(H,6,7).